The van der Waals surface area contributed by atoms with Crippen LogP contribution in [0, 0.1) is 0 Å². The van der Waals surface area contributed by atoms with Crippen molar-refractivity contribution in [1.82, 2.24) is 0 Å². The highest BCUT2D eigenvalue weighted by Crippen LogP contribution is 2.14. The van der Waals surface area contributed by atoms with Crippen molar-refractivity contribution in [2.75, 3.05) is 5.75 Å². The molecule has 2 rings (SSSR count). The highest BCUT2D eigenvalue weighted by molar-refractivity contribution is 7.84. The molecule has 2 nitrogen and oxygen atoms in total. The average molecular weight is 327 g/mol. The minimum absolute atomic E-state index is 0.142. The summed E-state index contributed by atoms with van der Waals surface area (Å²) in [6.07, 6.45) is 1.13. The lowest BCUT2D eigenvalue weighted by atomic mass is 10.2. The predicted octanol–water partition coefficient (Wildman–Crippen LogP) is 4.31. The SMILES string of the molecule is O=C(CCCS(=O)Cc1ccc(Cl)cc1)c1cccs1. The van der Waals surface area contributed by atoms with Gasteiger partial charge in [0.1, 0.15) is 0 Å². The van der Waals surface area contributed by atoms with Crippen LogP contribution in [0.3, 0.4) is 0 Å². The number of carbonyl (C=O) groups excluding carboxylic acids is 1. The molecule has 0 N–H and O–H groups in total. The second-order valence-electron chi connectivity index (χ2n) is 4.42. The molecule has 0 aliphatic rings. The molecule has 0 spiro atoms. The van der Waals surface area contributed by atoms with Crippen LogP contribution in [0.4, 0.5) is 0 Å². The summed E-state index contributed by atoms with van der Waals surface area (Å²) >= 11 is 7.26. The zero-order valence-corrected chi connectivity index (χ0v) is 13.3. The van der Waals surface area contributed by atoms with Gasteiger partial charge in [-0.3, -0.25) is 9.00 Å². The summed E-state index contributed by atoms with van der Waals surface area (Å²) in [5.74, 6) is 1.22. The van der Waals surface area contributed by atoms with E-state index in [9.17, 15) is 9.00 Å². The molecule has 0 aliphatic heterocycles. The number of rotatable bonds is 7. The third-order valence-electron chi connectivity index (χ3n) is 2.81. The topological polar surface area (TPSA) is 34.1 Å². The normalized spacial score (nSPS) is 12.2. The van der Waals surface area contributed by atoms with Crippen LogP contribution in [0.2, 0.25) is 5.02 Å². The molecular formula is C15H15ClO2S2. The van der Waals surface area contributed by atoms with E-state index in [1.165, 1.54) is 11.3 Å². The number of halogens is 1. The fourth-order valence-corrected chi connectivity index (χ4v) is 3.79. The predicted molar refractivity (Wildman–Crippen MR) is 86.0 cm³/mol. The molecule has 0 radical (unpaired) electrons. The summed E-state index contributed by atoms with van der Waals surface area (Å²) < 4.78 is 11.9. The Kier molecular flexibility index (Phi) is 5.95. The van der Waals surface area contributed by atoms with Gasteiger partial charge in [-0.25, -0.2) is 0 Å². The first-order chi connectivity index (χ1) is 9.65. The number of hydrogen-bond donors (Lipinski definition) is 0. The van der Waals surface area contributed by atoms with Crippen molar-refractivity contribution in [2.24, 2.45) is 0 Å². The monoisotopic (exact) mass is 326 g/mol. The molecule has 1 unspecified atom stereocenters. The molecule has 0 fully saturated rings. The Morgan fingerprint density at radius 1 is 1.20 bits per heavy atom. The Bertz CT molecular complexity index is 576. The van der Waals surface area contributed by atoms with Crippen LogP contribution in [0.1, 0.15) is 28.1 Å². The second kappa shape index (κ2) is 7.72. The smallest absolute Gasteiger partial charge is 0.172 e. The molecule has 2 aromatic rings. The number of thiophene rings is 1. The van der Waals surface area contributed by atoms with Gasteiger partial charge in [0, 0.05) is 33.7 Å². The first kappa shape index (κ1) is 15.4. The van der Waals surface area contributed by atoms with Crippen LogP contribution >= 0.6 is 22.9 Å². The molecule has 0 aliphatic carbocycles. The minimum Gasteiger partial charge on any atom is -0.293 e. The Morgan fingerprint density at radius 2 is 1.95 bits per heavy atom. The molecule has 1 atom stereocenters. The van der Waals surface area contributed by atoms with Crippen LogP contribution in [-0.4, -0.2) is 15.7 Å². The molecular weight excluding hydrogens is 312 g/mol. The summed E-state index contributed by atoms with van der Waals surface area (Å²) in [5, 5.41) is 2.58. The van der Waals surface area contributed by atoms with Crippen LogP contribution in [0.25, 0.3) is 0 Å². The van der Waals surface area contributed by atoms with Gasteiger partial charge in [-0.05, 0) is 35.6 Å². The highest BCUT2D eigenvalue weighted by Gasteiger charge is 2.08. The van der Waals surface area contributed by atoms with Crippen LogP contribution in [0.15, 0.2) is 41.8 Å². The van der Waals surface area contributed by atoms with E-state index in [0.717, 1.165) is 10.4 Å². The summed E-state index contributed by atoms with van der Waals surface area (Å²) in [7, 11) is -0.933. The maximum atomic E-state index is 11.9. The zero-order chi connectivity index (χ0) is 14.4. The molecule has 0 saturated heterocycles. The van der Waals surface area contributed by atoms with E-state index >= 15 is 0 Å². The molecule has 0 saturated carbocycles. The van der Waals surface area contributed by atoms with E-state index in [0.29, 0.717) is 29.4 Å². The van der Waals surface area contributed by atoms with Crippen molar-refractivity contribution < 1.29 is 9.00 Å². The van der Waals surface area contributed by atoms with Gasteiger partial charge in [-0.15, -0.1) is 11.3 Å². The molecule has 1 aromatic carbocycles. The van der Waals surface area contributed by atoms with Crippen molar-refractivity contribution in [3.05, 3.63) is 57.2 Å². The fraction of sp³-hybridized carbons (Fsp3) is 0.267. The van der Waals surface area contributed by atoms with E-state index in [1.807, 2.05) is 29.6 Å². The number of benzene rings is 1. The van der Waals surface area contributed by atoms with Crippen LogP contribution in [-0.2, 0) is 16.6 Å². The third-order valence-corrected chi connectivity index (χ3v) is 5.37. The zero-order valence-electron chi connectivity index (χ0n) is 10.9. The Balaban J connectivity index is 1.73. The van der Waals surface area contributed by atoms with Gasteiger partial charge in [0.15, 0.2) is 5.78 Å². The average Bonchev–Trinajstić information content (AvgIpc) is 2.95. The molecule has 0 bridgehead atoms. The number of Topliss-reactive ketones (excluding diaryl/α,β-unsaturated/α-hetero) is 1. The lowest BCUT2D eigenvalue weighted by molar-refractivity contribution is 0.0986. The summed E-state index contributed by atoms with van der Waals surface area (Å²) in [5.41, 5.74) is 1.01. The summed E-state index contributed by atoms with van der Waals surface area (Å²) in [4.78, 5) is 12.6. The van der Waals surface area contributed by atoms with E-state index in [4.69, 9.17) is 11.6 Å². The maximum Gasteiger partial charge on any atom is 0.172 e. The number of carbonyl (C=O) groups is 1. The van der Waals surface area contributed by atoms with Crippen molar-refractivity contribution in [1.29, 1.82) is 0 Å². The lowest BCUT2D eigenvalue weighted by Crippen LogP contribution is -2.04. The van der Waals surface area contributed by atoms with Gasteiger partial charge in [-0.2, -0.15) is 0 Å². The van der Waals surface area contributed by atoms with Gasteiger partial charge in [0.2, 0.25) is 0 Å². The van der Waals surface area contributed by atoms with Gasteiger partial charge in [-0.1, -0.05) is 29.8 Å². The van der Waals surface area contributed by atoms with E-state index in [2.05, 4.69) is 0 Å². The van der Waals surface area contributed by atoms with Crippen molar-refractivity contribution in [3.63, 3.8) is 0 Å². The van der Waals surface area contributed by atoms with Crippen LogP contribution in [0.5, 0.6) is 0 Å². The second-order valence-corrected chi connectivity index (χ2v) is 7.38. The molecule has 1 aromatic heterocycles. The lowest BCUT2D eigenvalue weighted by Gasteiger charge is -2.02. The maximum absolute atomic E-state index is 11.9. The molecule has 0 amide bonds. The van der Waals surface area contributed by atoms with Crippen LogP contribution < -0.4 is 0 Å². The standard InChI is InChI=1S/C15H15ClO2S2/c16-13-7-5-12(6-8-13)11-20(18)10-2-3-14(17)15-4-1-9-19-15/h1,4-9H,2-3,10-11H2. The van der Waals surface area contributed by atoms with Crippen molar-refractivity contribution in [2.45, 2.75) is 18.6 Å². The van der Waals surface area contributed by atoms with Gasteiger partial charge in [0.05, 0.1) is 4.88 Å². The van der Waals surface area contributed by atoms with E-state index in [1.54, 1.807) is 12.1 Å². The highest BCUT2D eigenvalue weighted by atomic mass is 35.5. The Hall–Kier alpha value is -0.970. The first-order valence-electron chi connectivity index (χ1n) is 6.31. The summed E-state index contributed by atoms with van der Waals surface area (Å²) in [6.45, 7) is 0. The largest absolute Gasteiger partial charge is 0.293 e. The van der Waals surface area contributed by atoms with Crippen molar-refractivity contribution >= 4 is 39.5 Å². The Labute approximate surface area is 130 Å². The quantitative estimate of drug-likeness (QED) is 0.710. The number of ketones is 1. The summed E-state index contributed by atoms with van der Waals surface area (Å²) in [6, 6.07) is 11.1. The third kappa shape index (κ3) is 4.85. The van der Waals surface area contributed by atoms with Gasteiger partial charge < -0.3 is 0 Å². The van der Waals surface area contributed by atoms with Crippen molar-refractivity contribution in [3.8, 4) is 0 Å². The molecule has 5 heteroatoms. The first-order valence-corrected chi connectivity index (χ1v) is 9.06. The van der Waals surface area contributed by atoms with Gasteiger partial charge in [0.25, 0.3) is 0 Å². The van der Waals surface area contributed by atoms with E-state index < -0.39 is 10.8 Å². The van der Waals surface area contributed by atoms with E-state index in [-0.39, 0.29) is 5.78 Å². The molecule has 20 heavy (non-hydrogen) atoms. The molecule has 1 heterocycles. The minimum atomic E-state index is -0.933. The van der Waals surface area contributed by atoms with Gasteiger partial charge >= 0.3 is 0 Å². The number of hydrogen-bond acceptors (Lipinski definition) is 3. The Morgan fingerprint density at radius 3 is 2.60 bits per heavy atom. The fourth-order valence-electron chi connectivity index (χ4n) is 1.79. The molecule has 106 valence electrons.